The van der Waals surface area contributed by atoms with Crippen molar-refractivity contribution in [2.75, 3.05) is 24.7 Å². The minimum atomic E-state index is -4.61. The van der Waals surface area contributed by atoms with Gasteiger partial charge in [0.05, 0.1) is 36.7 Å². The van der Waals surface area contributed by atoms with Crippen LogP contribution in [0.15, 0.2) is 53.6 Å². The normalized spacial score (nSPS) is 17.4. The third kappa shape index (κ3) is 5.46. The van der Waals surface area contributed by atoms with Crippen molar-refractivity contribution in [2.45, 2.75) is 26.9 Å². The number of alkyl halides is 3. The fourth-order valence-corrected chi connectivity index (χ4v) is 3.71. The third-order valence-electron chi connectivity index (χ3n) is 5.37. The first-order valence-electron chi connectivity index (χ1n) is 10.9. The molecule has 36 heavy (non-hydrogen) atoms. The highest BCUT2D eigenvalue weighted by atomic mass is 35.5. The molecular formula is C24H23ClF3N3O5. The van der Waals surface area contributed by atoms with Crippen molar-refractivity contribution in [1.29, 1.82) is 0 Å². The van der Waals surface area contributed by atoms with Gasteiger partial charge in [-0.15, -0.1) is 0 Å². The summed E-state index contributed by atoms with van der Waals surface area (Å²) in [6, 6.07) is 8.81. The van der Waals surface area contributed by atoms with Gasteiger partial charge in [-0.05, 0) is 62.7 Å². The Morgan fingerprint density at radius 2 is 1.61 bits per heavy atom. The number of esters is 1. The van der Waals surface area contributed by atoms with E-state index in [9.17, 15) is 27.6 Å². The lowest BCUT2D eigenvalue weighted by Gasteiger charge is -2.26. The summed E-state index contributed by atoms with van der Waals surface area (Å²) < 4.78 is 49.2. The zero-order chi connectivity index (χ0) is 26.7. The lowest BCUT2D eigenvalue weighted by Crippen LogP contribution is -2.47. The Hall–Kier alpha value is -3.60. The number of halogens is 4. The van der Waals surface area contributed by atoms with Gasteiger partial charge in [0, 0.05) is 5.02 Å². The summed E-state index contributed by atoms with van der Waals surface area (Å²) in [5.74, 6) is -0.647. The lowest BCUT2D eigenvalue weighted by atomic mass is 9.82. The highest BCUT2D eigenvalue weighted by Crippen LogP contribution is 2.35. The molecule has 0 fully saturated rings. The van der Waals surface area contributed by atoms with Crippen molar-refractivity contribution in [1.82, 2.24) is 5.01 Å². The van der Waals surface area contributed by atoms with E-state index in [0.717, 1.165) is 29.3 Å². The quantitative estimate of drug-likeness (QED) is 0.465. The maximum absolute atomic E-state index is 13.5. The van der Waals surface area contributed by atoms with Crippen LogP contribution in [0.5, 0.6) is 0 Å². The van der Waals surface area contributed by atoms with Gasteiger partial charge < -0.3 is 9.47 Å². The number of hydrogen-bond acceptors (Lipinski definition) is 6. The molecule has 1 aliphatic heterocycles. The number of carbonyl (C=O) groups excluding carboxylic acids is 3. The second-order valence-corrected chi connectivity index (χ2v) is 8.36. The molecule has 0 radical (unpaired) electrons. The highest BCUT2D eigenvalue weighted by Gasteiger charge is 2.50. The number of hydrogen-bond donors (Lipinski definition) is 0. The average molecular weight is 526 g/mol. The molecule has 12 heteroatoms. The molecule has 2 aromatic carbocycles. The number of anilines is 1. The number of amides is 3. The Labute approximate surface area is 210 Å². The molecule has 192 valence electrons. The molecule has 3 amide bonds. The Morgan fingerprint density at radius 1 is 1.03 bits per heavy atom. The summed E-state index contributed by atoms with van der Waals surface area (Å²) >= 11 is 5.97. The summed E-state index contributed by atoms with van der Waals surface area (Å²) in [5.41, 5.74) is -1.84. The van der Waals surface area contributed by atoms with Gasteiger partial charge in [-0.1, -0.05) is 23.7 Å². The van der Waals surface area contributed by atoms with Gasteiger partial charge in [-0.3, -0.25) is 4.79 Å². The summed E-state index contributed by atoms with van der Waals surface area (Å²) in [6.45, 7) is 4.38. The number of urea groups is 1. The van der Waals surface area contributed by atoms with E-state index >= 15 is 0 Å². The second kappa shape index (κ2) is 10.6. The fourth-order valence-electron chi connectivity index (χ4n) is 3.58. The molecule has 0 spiro atoms. The van der Waals surface area contributed by atoms with E-state index in [4.69, 9.17) is 21.1 Å². The molecule has 0 aromatic heterocycles. The minimum Gasteiger partial charge on any atom is -0.465 e. The van der Waals surface area contributed by atoms with Crippen LogP contribution in [-0.2, 0) is 20.4 Å². The predicted molar refractivity (Wildman–Crippen MR) is 126 cm³/mol. The van der Waals surface area contributed by atoms with Crippen LogP contribution in [0.1, 0.15) is 31.9 Å². The Kier molecular flexibility index (Phi) is 7.92. The fraction of sp³-hybridized carbons (Fsp3) is 0.333. The van der Waals surface area contributed by atoms with Gasteiger partial charge in [-0.2, -0.15) is 23.2 Å². The summed E-state index contributed by atoms with van der Waals surface area (Å²) in [7, 11) is 0. The largest absolute Gasteiger partial charge is 0.465 e. The molecule has 0 N–H and O–H groups in total. The first-order valence-corrected chi connectivity index (χ1v) is 11.3. The molecule has 1 unspecified atom stereocenters. The number of benzene rings is 2. The molecule has 2 aromatic rings. The number of carbonyl (C=O) groups is 3. The average Bonchev–Trinajstić information content (AvgIpc) is 3.18. The van der Waals surface area contributed by atoms with Crippen molar-refractivity contribution in [3.63, 3.8) is 0 Å². The zero-order valence-corrected chi connectivity index (χ0v) is 20.4. The minimum absolute atomic E-state index is 0.0801. The van der Waals surface area contributed by atoms with Crippen LogP contribution in [-0.4, -0.2) is 48.6 Å². The summed E-state index contributed by atoms with van der Waals surface area (Å²) in [5, 5.41) is 5.65. The number of hydrazone groups is 1. The SMILES string of the molecule is CCOC(=O)N(C(=O)N1CC(C)(C(=O)OCC)C(c2ccc(Cl)cc2)=N1)c1ccc(C(F)(F)F)cc1. The highest BCUT2D eigenvalue weighted by molar-refractivity contribution is 6.30. The molecule has 0 saturated carbocycles. The van der Waals surface area contributed by atoms with Crippen molar-refractivity contribution < 1.29 is 37.0 Å². The van der Waals surface area contributed by atoms with Gasteiger partial charge >= 0.3 is 24.3 Å². The van der Waals surface area contributed by atoms with E-state index in [1.807, 2.05) is 0 Å². The van der Waals surface area contributed by atoms with Crippen LogP contribution in [0.2, 0.25) is 5.02 Å². The third-order valence-corrected chi connectivity index (χ3v) is 5.62. The second-order valence-electron chi connectivity index (χ2n) is 7.93. The number of imide groups is 1. The topological polar surface area (TPSA) is 88.5 Å². The van der Waals surface area contributed by atoms with Crippen LogP contribution in [0.25, 0.3) is 0 Å². The molecule has 0 bridgehead atoms. The van der Waals surface area contributed by atoms with Gasteiger partial charge in [0.1, 0.15) is 5.41 Å². The Morgan fingerprint density at radius 3 is 2.14 bits per heavy atom. The van der Waals surface area contributed by atoms with Crippen LogP contribution in [0, 0.1) is 5.41 Å². The van der Waals surface area contributed by atoms with Crippen molar-refractivity contribution >= 4 is 41.1 Å². The van der Waals surface area contributed by atoms with Crippen LogP contribution >= 0.6 is 11.6 Å². The maximum Gasteiger partial charge on any atom is 0.422 e. The van der Waals surface area contributed by atoms with Crippen molar-refractivity contribution in [2.24, 2.45) is 10.5 Å². The first-order chi connectivity index (χ1) is 16.9. The van der Waals surface area contributed by atoms with Crippen molar-refractivity contribution in [3.05, 3.63) is 64.7 Å². The summed E-state index contributed by atoms with van der Waals surface area (Å²) in [6.07, 6.45) is -5.72. The molecule has 0 aliphatic carbocycles. The van der Waals surface area contributed by atoms with Gasteiger partial charge in [0.15, 0.2) is 0 Å². The van der Waals surface area contributed by atoms with E-state index in [2.05, 4.69) is 5.10 Å². The molecule has 8 nitrogen and oxygen atoms in total. The monoisotopic (exact) mass is 525 g/mol. The number of rotatable bonds is 5. The predicted octanol–water partition coefficient (Wildman–Crippen LogP) is 5.73. The van der Waals surface area contributed by atoms with Crippen molar-refractivity contribution in [3.8, 4) is 0 Å². The van der Waals surface area contributed by atoms with Crippen LogP contribution < -0.4 is 4.90 Å². The Balaban J connectivity index is 2.04. The van der Waals surface area contributed by atoms with E-state index in [0.29, 0.717) is 15.5 Å². The molecule has 3 rings (SSSR count). The molecule has 1 heterocycles. The van der Waals surface area contributed by atoms with E-state index < -0.39 is 35.2 Å². The maximum atomic E-state index is 13.5. The van der Waals surface area contributed by atoms with E-state index in [-0.39, 0.29) is 31.2 Å². The molecule has 1 atom stereocenters. The first kappa shape index (κ1) is 27.0. The van der Waals surface area contributed by atoms with Gasteiger partial charge in [0.2, 0.25) is 0 Å². The van der Waals surface area contributed by atoms with Gasteiger partial charge in [0.25, 0.3) is 0 Å². The molecule has 1 aliphatic rings. The van der Waals surface area contributed by atoms with E-state index in [1.54, 1.807) is 38.1 Å². The molecular weight excluding hydrogens is 503 g/mol. The van der Waals surface area contributed by atoms with E-state index in [1.165, 1.54) is 6.92 Å². The standard InChI is InChI=1S/C24H23ClF3N3O5/c1-4-35-20(32)23(3)14-30(29-19(23)15-6-10-17(25)11-7-15)21(33)31(22(34)36-5-2)18-12-8-16(9-13-18)24(26,27)28/h6-13H,4-5,14H2,1-3H3. The van der Waals surface area contributed by atoms with Crippen LogP contribution in [0.4, 0.5) is 28.4 Å². The lowest BCUT2D eigenvalue weighted by molar-refractivity contribution is -0.150. The Bertz CT molecular complexity index is 1170. The summed E-state index contributed by atoms with van der Waals surface area (Å²) in [4.78, 5) is 39.7. The number of nitrogens with zero attached hydrogens (tertiary/aromatic N) is 3. The smallest absolute Gasteiger partial charge is 0.422 e. The zero-order valence-electron chi connectivity index (χ0n) is 19.6. The van der Waals surface area contributed by atoms with Gasteiger partial charge in [-0.25, -0.2) is 14.6 Å². The molecule has 0 saturated heterocycles. The van der Waals surface area contributed by atoms with Crippen LogP contribution in [0.3, 0.4) is 0 Å². The number of ether oxygens (including phenoxy) is 2.